The molecule has 0 aliphatic heterocycles. The first kappa shape index (κ1) is 13.9. The maximum Gasteiger partial charge on any atom is 0.311 e. The summed E-state index contributed by atoms with van der Waals surface area (Å²) in [6, 6.07) is 8.25. The fraction of sp³-hybridized carbons (Fsp3) is 0. The normalized spacial score (nSPS) is 11.1. The number of aromatic nitrogens is 1. The molecule has 8 nitrogen and oxygen atoms in total. The monoisotopic (exact) mass is 294 g/mol. The van der Waals surface area contributed by atoms with Crippen molar-refractivity contribution in [3.63, 3.8) is 0 Å². The Hall–Kier alpha value is -2.52. The lowest BCUT2D eigenvalue weighted by molar-refractivity contribution is -0.384. The summed E-state index contributed by atoms with van der Waals surface area (Å²) in [5.41, 5.74) is 0.280. The quantitative estimate of drug-likeness (QED) is 0.647. The maximum atomic E-state index is 11.1. The molecule has 20 heavy (non-hydrogen) atoms. The number of pyridine rings is 1. The van der Waals surface area contributed by atoms with Crippen LogP contribution < -0.4 is 10.5 Å². The Balaban J connectivity index is 2.30. The van der Waals surface area contributed by atoms with Gasteiger partial charge in [-0.25, -0.2) is 18.5 Å². The molecule has 0 bridgehead atoms. The van der Waals surface area contributed by atoms with Gasteiger partial charge in [-0.3, -0.25) is 10.1 Å². The van der Waals surface area contributed by atoms with Gasteiger partial charge < -0.3 is 5.32 Å². The molecule has 3 N–H and O–H groups in total. The minimum Gasteiger partial charge on any atom is -0.334 e. The summed E-state index contributed by atoms with van der Waals surface area (Å²) in [6.45, 7) is 0. The van der Waals surface area contributed by atoms with Gasteiger partial charge in [0.1, 0.15) is 0 Å². The van der Waals surface area contributed by atoms with Crippen molar-refractivity contribution >= 4 is 27.2 Å². The second kappa shape index (κ2) is 5.23. The minimum absolute atomic E-state index is 0.0430. The SMILES string of the molecule is NS(=O)(=O)c1ccc(Nc2ncccc2[N+](=O)[O-])cc1. The molecule has 0 saturated carbocycles. The van der Waals surface area contributed by atoms with Crippen LogP contribution in [0.25, 0.3) is 0 Å². The van der Waals surface area contributed by atoms with Crippen molar-refractivity contribution in [2.45, 2.75) is 4.90 Å². The first-order valence-corrected chi connectivity index (χ1v) is 6.92. The Morgan fingerprint density at radius 3 is 2.40 bits per heavy atom. The second-order valence-corrected chi connectivity index (χ2v) is 5.38. The molecule has 2 rings (SSSR count). The second-order valence-electron chi connectivity index (χ2n) is 3.82. The van der Waals surface area contributed by atoms with Crippen molar-refractivity contribution in [3.8, 4) is 0 Å². The van der Waals surface area contributed by atoms with Crippen LogP contribution in [-0.2, 0) is 10.0 Å². The van der Waals surface area contributed by atoms with Gasteiger partial charge in [0, 0.05) is 18.0 Å². The zero-order valence-electron chi connectivity index (χ0n) is 10.1. The molecule has 9 heteroatoms. The fourth-order valence-corrected chi connectivity index (χ4v) is 2.02. The Labute approximate surface area is 114 Å². The number of hydrogen-bond acceptors (Lipinski definition) is 6. The highest BCUT2D eigenvalue weighted by molar-refractivity contribution is 7.89. The van der Waals surface area contributed by atoms with E-state index >= 15 is 0 Å². The number of rotatable bonds is 4. The molecule has 0 saturated heterocycles. The molecule has 0 spiro atoms. The maximum absolute atomic E-state index is 11.1. The van der Waals surface area contributed by atoms with Crippen LogP contribution in [0.5, 0.6) is 0 Å². The third-order valence-corrected chi connectivity index (χ3v) is 3.36. The summed E-state index contributed by atoms with van der Waals surface area (Å²) in [6.07, 6.45) is 1.41. The van der Waals surface area contributed by atoms with Gasteiger partial charge in [0.15, 0.2) is 0 Å². The first-order chi connectivity index (χ1) is 9.38. The summed E-state index contributed by atoms with van der Waals surface area (Å²) in [4.78, 5) is 14.1. The minimum atomic E-state index is -3.77. The molecular weight excluding hydrogens is 284 g/mol. The van der Waals surface area contributed by atoms with E-state index in [1.54, 1.807) is 0 Å². The molecule has 0 radical (unpaired) electrons. The first-order valence-electron chi connectivity index (χ1n) is 5.37. The molecule has 0 aliphatic carbocycles. The van der Waals surface area contributed by atoms with E-state index in [-0.39, 0.29) is 16.4 Å². The standard InChI is InChI=1S/C11H10N4O4S/c12-20(18,19)9-5-3-8(4-6-9)14-11-10(15(16)17)2-1-7-13-11/h1-7H,(H,13,14)(H2,12,18,19). The lowest BCUT2D eigenvalue weighted by Crippen LogP contribution is -2.11. The predicted octanol–water partition coefficient (Wildman–Crippen LogP) is 1.38. The number of nitrogens with zero attached hydrogens (tertiary/aromatic N) is 2. The van der Waals surface area contributed by atoms with Crippen LogP contribution >= 0.6 is 0 Å². The number of anilines is 2. The van der Waals surface area contributed by atoms with Crippen molar-refractivity contribution in [1.29, 1.82) is 0 Å². The van der Waals surface area contributed by atoms with Crippen molar-refractivity contribution < 1.29 is 13.3 Å². The van der Waals surface area contributed by atoms with Gasteiger partial charge in [-0.05, 0) is 30.3 Å². The van der Waals surface area contributed by atoms with Gasteiger partial charge in [-0.15, -0.1) is 0 Å². The highest BCUT2D eigenvalue weighted by atomic mass is 32.2. The van der Waals surface area contributed by atoms with Crippen molar-refractivity contribution in [3.05, 3.63) is 52.7 Å². The number of benzene rings is 1. The number of nitro groups is 1. The lowest BCUT2D eigenvalue weighted by atomic mass is 10.3. The number of primary sulfonamides is 1. The molecule has 1 heterocycles. The van der Waals surface area contributed by atoms with Crippen LogP contribution in [0.2, 0.25) is 0 Å². The third-order valence-electron chi connectivity index (χ3n) is 2.43. The Morgan fingerprint density at radius 1 is 1.20 bits per heavy atom. The number of sulfonamides is 1. The molecule has 0 aliphatic rings. The van der Waals surface area contributed by atoms with E-state index in [1.165, 1.54) is 42.6 Å². The van der Waals surface area contributed by atoms with Gasteiger partial charge in [0.05, 0.1) is 9.82 Å². The summed E-state index contributed by atoms with van der Waals surface area (Å²) in [7, 11) is -3.77. The molecule has 1 aromatic carbocycles. The fourth-order valence-electron chi connectivity index (χ4n) is 1.51. The van der Waals surface area contributed by atoms with E-state index in [0.717, 1.165) is 0 Å². The van der Waals surface area contributed by atoms with E-state index < -0.39 is 14.9 Å². The van der Waals surface area contributed by atoms with Crippen LogP contribution in [0, 0.1) is 10.1 Å². The van der Waals surface area contributed by atoms with Crippen molar-refractivity contribution in [2.75, 3.05) is 5.32 Å². The molecule has 1 aromatic heterocycles. The highest BCUT2D eigenvalue weighted by Gasteiger charge is 2.14. The van der Waals surface area contributed by atoms with E-state index in [1.807, 2.05) is 0 Å². The van der Waals surface area contributed by atoms with Crippen LogP contribution in [0.15, 0.2) is 47.5 Å². The summed E-state index contributed by atoms with van der Waals surface area (Å²) >= 11 is 0. The number of nitrogens with two attached hydrogens (primary N) is 1. The van der Waals surface area contributed by atoms with E-state index in [0.29, 0.717) is 5.69 Å². The number of nitrogens with one attached hydrogen (secondary N) is 1. The van der Waals surface area contributed by atoms with Crippen LogP contribution in [0.1, 0.15) is 0 Å². The van der Waals surface area contributed by atoms with E-state index in [9.17, 15) is 18.5 Å². The largest absolute Gasteiger partial charge is 0.334 e. The topological polar surface area (TPSA) is 128 Å². The third kappa shape index (κ3) is 3.08. The van der Waals surface area contributed by atoms with Gasteiger partial charge in [0.2, 0.25) is 15.8 Å². The van der Waals surface area contributed by atoms with Gasteiger partial charge in [0.25, 0.3) is 0 Å². The zero-order valence-corrected chi connectivity index (χ0v) is 10.9. The lowest BCUT2D eigenvalue weighted by Gasteiger charge is -2.06. The van der Waals surface area contributed by atoms with Crippen LogP contribution in [0.4, 0.5) is 17.2 Å². The van der Waals surface area contributed by atoms with E-state index in [2.05, 4.69) is 10.3 Å². The zero-order chi connectivity index (χ0) is 14.8. The Kier molecular flexibility index (Phi) is 3.63. The van der Waals surface area contributed by atoms with E-state index in [4.69, 9.17) is 5.14 Å². The van der Waals surface area contributed by atoms with Gasteiger partial charge in [-0.1, -0.05) is 0 Å². The van der Waals surface area contributed by atoms with Crippen LogP contribution in [-0.4, -0.2) is 18.3 Å². The summed E-state index contributed by atoms with van der Waals surface area (Å²) < 4.78 is 22.2. The molecule has 2 aromatic rings. The molecule has 0 fully saturated rings. The number of hydrogen-bond donors (Lipinski definition) is 2. The Bertz CT molecular complexity index is 743. The van der Waals surface area contributed by atoms with Crippen LogP contribution in [0.3, 0.4) is 0 Å². The molecule has 104 valence electrons. The van der Waals surface area contributed by atoms with Crippen molar-refractivity contribution in [1.82, 2.24) is 4.98 Å². The molecule has 0 atom stereocenters. The smallest absolute Gasteiger partial charge is 0.311 e. The summed E-state index contributed by atoms with van der Waals surface area (Å²) in [5.74, 6) is 0.0702. The average molecular weight is 294 g/mol. The summed E-state index contributed by atoms with van der Waals surface area (Å²) in [5, 5.41) is 18.5. The Morgan fingerprint density at radius 2 is 1.85 bits per heavy atom. The molecular formula is C11H10N4O4S. The average Bonchev–Trinajstić information content (AvgIpc) is 2.38. The van der Waals surface area contributed by atoms with Gasteiger partial charge in [-0.2, -0.15) is 0 Å². The van der Waals surface area contributed by atoms with Crippen molar-refractivity contribution in [2.24, 2.45) is 5.14 Å². The highest BCUT2D eigenvalue weighted by Crippen LogP contribution is 2.24. The molecule has 0 amide bonds. The van der Waals surface area contributed by atoms with Gasteiger partial charge >= 0.3 is 5.69 Å². The molecule has 0 unspecified atom stereocenters. The predicted molar refractivity (Wildman–Crippen MR) is 72.0 cm³/mol.